The summed E-state index contributed by atoms with van der Waals surface area (Å²) in [7, 11) is 1.56. The molecule has 0 aliphatic carbocycles. The number of aryl methyl sites for hydroxylation is 1. The molecule has 2 aromatic rings. The Balaban J connectivity index is 2.38. The zero-order valence-electron chi connectivity index (χ0n) is 6.95. The number of tetrazole rings is 1. The zero-order valence-corrected chi connectivity index (χ0v) is 6.95. The fourth-order valence-electron chi connectivity index (χ4n) is 0.771. The van der Waals surface area contributed by atoms with Gasteiger partial charge in [0.15, 0.2) is 0 Å². The van der Waals surface area contributed by atoms with Crippen molar-refractivity contribution in [3.8, 4) is 11.7 Å². The predicted octanol–water partition coefficient (Wildman–Crippen LogP) is -1.04. The van der Waals surface area contributed by atoms with Crippen molar-refractivity contribution in [3.63, 3.8) is 0 Å². The fourth-order valence-corrected chi connectivity index (χ4v) is 0.771. The molecule has 14 heavy (non-hydrogen) atoms. The summed E-state index contributed by atoms with van der Waals surface area (Å²) in [5.41, 5.74) is 0. The van der Waals surface area contributed by atoms with E-state index in [4.69, 9.17) is 5.11 Å². The second-order valence-electron chi connectivity index (χ2n) is 2.33. The summed E-state index contributed by atoms with van der Waals surface area (Å²) < 4.78 is 4.61. The van der Waals surface area contributed by atoms with Gasteiger partial charge in [0.1, 0.15) is 0 Å². The predicted molar refractivity (Wildman–Crippen MR) is 39.0 cm³/mol. The van der Waals surface area contributed by atoms with Crippen LogP contribution < -0.4 is 0 Å². The molecule has 0 atom stereocenters. The minimum Gasteiger partial charge on any atom is -0.475 e. The molecule has 2 heterocycles. The van der Waals surface area contributed by atoms with Crippen LogP contribution >= 0.6 is 0 Å². The van der Waals surface area contributed by atoms with Crippen LogP contribution in [0.2, 0.25) is 0 Å². The van der Waals surface area contributed by atoms with Crippen molar-refractivity contribution >= 4 is 5.97 Å². The Kier molecular flexibility index (Phi) is 1.70. The molecule has 9 nitrogen and oxygen atoms in total. The number of carbonyl (C=O) groups is 1. The lowest BCUT2D eigenvalue weighted by molar-refractivity contribution is 0.0680. The molecule has 0 unspecified atom stereocenters. The van der Waals surface area contributed by atoms with Crippen LogP contribution in [-0.4, -0.2) is 41.4 Å². The summed E-state index contributed by atoms with van der Waals surface area (Å²) in [5, 5.41) is 22.6. The summed E-state index contributed by atoms with van der Waals surface area (Å²) >= 11 is 0. The lowest BCUT2D eigenvalue weighted by atomic mass is 10.6. The summed E-state index contributed by atoms with van der Waals surface area (Å²) in [5.74, 6) is -1.70. The van der Waals surface area contributed by atoms with Crippen LogP contribution in [0.1, 0.15) is 10.6 Å². The van der Waals surface area contributed by atoms with E-state index in [0.717, 1.165) is 0 Å². The van der Waals surface area contributed by atoms with Crippen molar-refractivity contribution in [2.75, 3.05) is 0 Å². The Morgan fingerprint density at radius 1 is 1.57 bits per heavy atom. The normalized spacial score (nSPS) is 10.4. The molecule has 72 valence electrons. The molecule has 0 radical (unpaired) electrons. The summed E-state index contributed by atoms with van der Waals surface area (Å²) in [6.45, 7) is 0. The highest BCUT2D eigenvalue weighted by Gasteiger charge is 2.17. The third kappa shape index (κ3) is 1.30. The van der Waals surface area contributed by atoms with Gasteiger partial charge in [0, 0.05) is 0 Å². The SMILES string of the molecule is Cn1nnc(-c2nc(C(=O)O)no2)n1. The molecule has 1 N–H and O–H groups in total. The van der Waals surface area contributed by atoms with Gasteiger partial charge >= 0.3 is 5.97 Å². The molecule has 2 aromatic heterocycles. The monoisotopic (exact) mass is 196 g/mol. The van der Waals surface area contributed by atoms with Gasteiger partial charge in [0.05, 0.1) is 7.05 Å². The molecular weight excluding hydrogens is 192 g/mol. The van der Waals surface area contributed by atoms with E-state index in [1.165, 1.54) is 4.80 Å². The number of carboxylic acids is 1. The summed E-state index contributed by atoms with van der Waals surface area (Å²) in [6.07, 6.45) is 0. The number of aromatic carboxylic acids is 1. The number of carboxylic acid groups (broad SMARTS) is 1. The van der Waals surface area contributed by atoms with Gasteiger partial charge in [0.25, 0.3) is 17.5 Å². The highest BCUT2D eigenvalue weighted by atomic mass is 16.5. The zero-order chi connectivity index (χ0) is 10.1. The lowest BCUT2D eigenvalue weighted by Crippen LogP contribution is -1.98. The van der Waals surface area contributed by atoms with E-state index in [1.807, 2.05) is 0 Å². The van der Waals surface area contributed by atoms with Gasteiger partial charge in [-0.25, -0.2) is 4.79 Å². The van der Waals surface area contributed by atoms with E-state index in [2.05, 4.69) is 30.1 Å². The van der Waals surface area contributed by atoms with Gasteiger partial charge in [-0.2, -0.15) is 9.78 Å². The maximum atomic E-state index is 10.4. The van der Waals surface area contributed by atoms with Crippen molar-refractivity contribution < 1.29 is 14.4 Å². The minimum atomic E-state index is -1.27. The number of nitrogens with zero attached hydrogens (tertiary/aromatic N) is 6. The third-order valence-electron chi connectivity index (χ3n) is 1.32. The number of hydrogen-bond donors (Lipinski definition) is 1. The third-order valence-corrected chi connectivity index (χ3v) is 1.32. The quantitative estimate of drug-likeness (QED) is 0.646. The average Bonchev–Trinajstić information content (AvgIpc) is 2.70. The molecule has 0 saturated heterocycles. The van der Waals surface area contributed by atoms with Crippen LogP contribution in [0.15, 0.2) is 4.52 Å². The smallest absolute Gasteiger partial charge is 0.377 e. The van der Waals surface area contributed by atoms with Gasteiger partial charge in [-0.3, -0.25) is 0 Å². The van der Waals surface area contributed by atoms with Gasteiger partial charge in [-0.1, -0.05) is 0 Å². The molecule has 2 rings (SSSR count). The summed E-state index contributed by atoms with van der Waals surface area (Å²) in [4.78, 5) is 15.1. The Morgan fingerprint density at radius 3 is 2.86 bits per heavy atom. The number of rotatable bonds is 2. The van der Waals surface area contributed by atoms with Crippen LogP contribution in [0.5, 0.6) is 0 Å². The van der Waals surface area contributed by atoms with Crippen molar-refractivity contribution in [3.05, 3.63) is 5.82 Å². The van der Waals surface area contributed by atoms with Crippen LogP contribution in [-0.2, 0) is 7.05 Å². The molecule has 0 bridgehead atoms. The van der Waals surface area contributed by atoms with E-state index in [9.17, 15) is 4.79 Å². The maximum absolute atomic E-state index is 10.4. The maximum Gasteiger partial charge on any atom is 0.377 e. The summed E-state index contributed by atoms with van der Waals surface area (Å²) in [6, 6.07) is 0. The lowest BCUT2D eigenvalue weighted by Gasteiger charge is -1.79. The van der Waals surface area contributed by atoms with Crippen LogP contribution in [0.3, 0.4) is 0 Å². The topological polar surface area (TPSA) is 120 Å². The number of aromatic nitrogens is 6. The second-order valence-corrected chi connectivity index (χ2v) is 2.33. The largest absolute Gasteiger partial charge is 0.475 e. The Hall–Kier alpha value is -2.32. The first kappa shape index (κ1) is 8.29. The van der Waals surface area contributed by atoms with E-state index in [-0.39, 0.29) is 11.7 Å². The first-order valence-corrected chi connectivity index (χ1v) is 3.48. The van der Waals surface area contributed by atoms with E-state index in [0.29, 0.717) is 0 Å². The Morgan fingerprint density at radius 2 is 2.36 bits per heavy atom. The second kappa shape index (κ2) is 2.87. The fraction of sp³-hybridized carbons (Fsp3) is 0.200. The highest BCUT2D eigenvalue weighted by molar-refractivity contribution is 5.83. The van der Waals surface area contributed by atoms with Crippen molar-refractivity contribution in [1.82, 2.24) is 30.3 Å². The molecule has 0 aromatic carbocycles. The Bertz CT molecular complexity index is 473. The molecule has 0 amide bonds. The molecule has 0 aliphatic rings. The first-order chi connectivity index (χ1) is 6.66. The van der Waals surface area contributed by atoms with Crippen LogP contribution in [0, 0.1) is 0 Å². The first-order valence-electron chi connectivity index (χ1n) is 3.48. The Labute approximate surface area is 76.3 Å². The average molecular weight is 196 g/mol. The van der Waals surface area contributed by atoms with Gasteiger partial charge in [-0.15, -0.1) is 10.2 Å². The molecule has 9 heteroatoms. The van der Waals surface area contributed by atoms with E-state index >= 15 is 0 Å². The van der Waals surface area contributed by atoms with Crippen molar-refractivity contribution in [2.24, 2.45) is 7.05 Å². The minimum absolute atomic E-state index is 0.0736. The van der Waals surface area contributed by atoms with Crippen LogP contribution in [0.25, 0.3) is 11.7 Å². The van der Waals surface area contributed by atoms with Gasteiger partial charge in [0.2, 0.25) is 0 Å². The molecule has 0 aliphatic heterocycles. The molecule has 0 saturated carbocycles. The molecule has 0 spiro atoms. The van der Waals surface area contributed by atoms with E-state index < -0.39 is 11.8 Å². The van der Waals surface area contributed by atoms with E-state index in [1.54, 1.807) is 7.05 Å². The van der Waals surface area contributed by atoms with Gasteiger partial charge < -0.3 is 9.63 Å². The van der Waals surface area contributed by atoms with Crippen molar-refractivity contribution in [1.29, 1.82) is 0 Å². The van der Waals surface area contributed by atoms with Gasteiger partial charge in [-0.05, 0) is 10.4 Å². The number of hydrogen-bond acceptors (Lipinski definition) is 7. The van der Waals surface area contributed by atoms with Crippen molar-refractivity contribution in [2.45, 2.75) is 0 Å². The standard InChI is InChI=1S/C5H4N6O3/c1-11-8-2(7-10-11)4-6-3(5(12)13)9-14-4/h1H3,(H,12,13). The molecule has 0 fully saturated rings. The molecular formula is C5H4N6O3. The van der Waals surface area contributed by atoms with Crippen LogP contribution in [0.4, 0.5) is 0 Å². The highest BCUT2D eigenvalue weighted by Crippen LogP contribution is 2.09.